The van der Waals surface area contributed by atoms with Crippen LogP contribution in [0.25, 0.3) is 0 Å². The number of benzene rings is 2. The molecule has 1 aliphatic carbocycles. The van der Waals surface area contributed by atoms with Crippen LogP contribution in [0.15, 0.2) is 60.7 Å². The Kier molecular flexibility index (Phi) is 5.30. The molecule has 3 aliphatic rings. The van der Waals surface area contributed by atoms with Gasteiger partial charge >= 0.3 is 0 Å². The molecule has 0 N–H and O–H groups in total. The van der Waals surface area contributed by atoms with Crippen molar-refractivity contribution in [3.05, 3.63) is 66.2 Å². The Morgan fingerprint density at radius 3 is 2.30 bits per heavy atom. The number of piperazine rings is 1. The molecule has 0 spiro atoms. The van der Waals surface area contributed by atoms with E-state index in [2.05, 4.69) is 34.1 Å². The topological polar surface area (TPSA) is 43.9 Å². The predicted octanol–water partition coefficient (Wildman–Crippen LogP) is 2.96. The van der Waals surface area contributed by atoms with Crippen LogP contribution >= 0.6 is 0 Å². The van der Waals surface area contributed by atoms with Crippen molar-refractivity contribution < 1.29 is 9.59 Å². The quantitative estimate of drug-likeness (QED) is 0.771. The Morgan fingerprint density at radius 2 is 1.60 bits per heavy atom. The van der Waals surface area contributed by atoms with Crippen LogP contribution in [-0.4, -0.2) is 59.9 Å². The number of anilines is 1. The van der Waals surface area contributed by atoms with E-state index in [4.69, 9.17) is 0 Å². The monoisotopic (exact) mass is 403 g/mol. The summed E-state index contributed by atoms with van der Waals surface area (Å²) in [6, 6.07) is 21.0. The molecule has 5 rings (SSSR count). The summed E-state index contributed by atoms with van der Waals surface area (Å²) < 4.78 is 0. The second-order valence-corrected chi connectivity index (χ2v) is 8.84. The molecule has 1 saturated carbocycles. The largest absolute Gasteiger partial charge is 0.336 e. The van der Waals surface area contributed by atoms with E-state index in [-0.39, 0.29) is 23.8 Å². The molecular weight excluding hydrogens is 374 g/mol. The van der Waals surface area contributed by atoms with Gasteiger partial charge in [0.25, 0.3) is 0 Å². The first-order chi connectivity index (χ1) is 14.7. The second-order valence-electron chi connectivity index (χ2n) is 8.84. The molecule has 0 radical (unpaired) electrons. The van der Waals surface area contributed by atoms with E-state index in [1.165, 1.54) is 18.4 Å². The van der Waals surface area contributed by atoms with Crippen molar-refractivity contribution in [2.24, 2.45) is 5.92 Å². The summed E-state index contributed by atoms with van der Waals surface area (Å²) in [6.45, 7) is 3.14. The van der Waals surface area contributed by atoms with Gasteiger partial charge in [-0.25, -0.2) is 0 Å². The van der Waals surface area contributed by atoms with Crippen molar-refractivity contribution in [1.29, 1.82) is 0 Å². The summed E-state index contributed by atoms with van der Waals surface area (Å²) >= 11 is 0. The van der Waals surface area contributed by atoms with E-state index >= 15 is 0 Å². The maximum atomic E-state index is 13.5. The van der Waals surface area contributed by atoms with E-state index in [1.54, 1.807) is 4.90 Å². The summed E-state index contributed by atoms with van der Waals surface area (Å²) in [5, 5.41) is 0. The van der Waals surface area contributed by atoms with Gasteiger partial charge in [0.15, 0.2) is 0 Å². The molecule has 156 valence electrons. The molecule has 3 fully saturated rings. The molecule has 2 aromatic carbocycles. The Balaban J connectivity index is 1.32. The number of hydrogen-bond acceptors (Lipinski definition) is 3. The van der Waals surface area contributed by atoms with Crippen LogP contribution in [0.3, 0.4) is 0 Å². The highest BCUT2D eigenvalue weighted by molar-refractivity contribution is 6.00. The van der Waals surface area contributed by atoms with Crippen molar-refractivity contribution in [2.75, 3.05) is 31.1 Å². The zero-order valence-corrected chi connectivity index (χ0v) is 17.3. The fourth-order valence-corrected chi connectivity index (χ4v) is 4.97. The van der Waals surface area contributed by atoms with Gasteiger partial charge in [0, 0.05) is 50.4 Å². The first-order valence-corrected chi connectivity index (χ1v) is 11.1. The number of para-hydroxylation sites is 1. The molecule has 2 aliphatic heterocycles. The minimum Gasteiger partial charge on any atom is -0.336 e. The summed E-state index contributed by atoms with van der Waals surface area (Å²) in [4.78, 5) is 32.6. The standard InChI is InChI=1S/C25H29N3O2/c29-24-16-20(17-28(24)22-9-5-2-6-10-22)25(30)27-14-13-26(21-11-12-21)18-23(27)15-19-7-3-1-4-8-19/h1-10,20-21,23H,11-18H2. The average Bonchev–Trinajstić information content (AvgIpc) is 3.56. The third kappa shape index (κ3) is 3.99. The molecule has 30 heavy (non-hydrogen) atoms. The zero-order chi connectivity index (χ0) is 20.5. The normalized spacial score (nSPS) is 25.0. The van der Waals surface area contributed by atoms with E-state index < -0.39 is 0 Å². The Bertz CT molecular complexity index is 897. The molecule has 2 atom stereocenters. The minimum atomic E-state index is -0.247. The Labute approximate surface area is 178 Å². The lowest BCUT2D eigenvalue weighted by molar-refractivity contribution is -0.140. The minimum absolute atomic E-state index is 0.0516. The molecule has 2 unspecified atom stereocenters. The van der Waals surface area contributed by atoms with E-state index in [1.807, 2.05) is 36.4 Å². The number of hydrogen-bond donors (Lipinski definition) is 0. The molecule has 5 heteroatoms. The first-order valence-electron chi connectivity index (χ1n) is 11.1. The molecule has 2 heterocycles. The van der Waals surface area contributed by atoms with Gasteiger partial charge in [0.05, 0.1) is 5.92 Å². The summed E-state index contributed by atoms with van der Waals surface area (Å²) in [6.07, 6.45) is 3.76. The summed E-state index contributed by atoms with van der Waals surface area (Å²) in [5.41, 5.74) is 2.16. The highest BCUT2D eigenvalue weighted by Gasteiger charge is 2.42. The zero-order valence-electron chi connectivity index (χ0n) is 17.3. The van der Waals surface area contributed by atoms with Gasteiger partial charge in [0.2, 0.25) is 11.8 Å². The van der Waals surface area contributed by atoms with Crippen LogP contribution in [0.5, 0.6) is 0 Å². The van der Waals surface area contributed by atoms with Gasteiger partial charge in [-0.1, -0.05) is 48.5 Å². The van der Waals surface area contributed by atoms with Crippen LogP contribution < -0.4 is 4.90 Å². The number of nitrogens with zero attached hydrogens (tertiary/aromatic N) is 3. The van der Waals surface area contributed by atoms with E-state index in [0.29, 0.717) is 19.0 Å². The van der Waals surface area contributed by atoms with Gasteiger partial charge < -0.3 is 9.80 Å². The number of amides is 2. The summed E-state index contributed by atoms with van der Waals surface area (Å²) in [7, 11) is 0. The van der Waals surface area contributed by atoms with Crippen LogP contribution in [0, 0.1) is 5.92 Å². The maximum Gasteiger partial charge on any atom is 0.228 e. The van der Waals surface area contributed by atoms with E-state index in [9.17, 15) is 9.59 Å². The van der Waals surface area contributed by atoms with Crippen molar-refractivity contribution in [1.82, 2.24) is 9.80 Å². The molecule has 2 amide bonds. The maximum absolute atomic E-state index is 13.5. The predicted molar refractivity (Wildman–Crippen MR) is 117 cm³/mol. The van der Waals surface area contributed by atoms with Gasteiger partial charge in [-0.05, 0) is 37.0 Å². The van der Waals surface area contributed by atoms with Crippen molar-refractivity contribution in [3.8, 4) is 0 Å². The van der Waals surface area contributed by atoms with Crippen LogP contribution in [-0.2, 0) is 16.0 Å². The lowest BCUT2D eigenvalue weighted by Gasteiger charge is -2.42. The molecular formula is C25H29N3O2. The van der Waals surface area contributed by atoms with E-state index in [0.717, 1.165) is 31.7 Å². The van der Waals surface area contributed by atoms with Gasteiger partial charge in [0.1, 0.15) is 0 Å². The third-order valence-electron chi connectivity index (χ3n) is 6.72. The second kappa shape index (κ2) is 8.23. The lowest BCUT2D eigenvalue weighted by Crippen LogP contribution is -2.57. The number of carbonyl (C=O) groups is 2. The highest BCUT2D eigenvalue weighted by atomic mass is 16.2. The first kappa shape index (κ1) is 19.3. The lowest BCUT2D eigenvalue weighted by atomic mass is 9.98. The molecule has 0 aromatic heterocycles. The Hall–Kier alpha value is -2.66. The smallest absolute Gasteiger partial charge is 0.228 e. The van der Waals surface area contributed by atoms with Crippen molar-refractivity contribution in [2.45, 2.75) is 37.8 Å². The van der Waals surface area contributed by atoms with Crippen LogP contribution in [0.1, 0.15) is 24.8 Å². The molecule has 2 saturated heterocycles. The summed E-state index contributed by atoms with van der Waals surface area (Å²) in [5.74, 6) is -0.0441. The Morgan fingerprint density at radius 1 is 0.900 bits per heavy atom. The fraction of sp³-hybridized carbons (Fsp3) is 0.440. The van der Waals surface area contributed by atoms with Crippen LogP contribution in [0.2, 0.25) is 0 Å². The van der Waals surface area contributed by atoms with Crippen molar-refractivity contribution in [3.63, 3.8) is 0 Å². The fourth-order valence-electron chi connectivity index (χ4n) is 4.97. The highest BCUT2D eigenvalue weighted by Crippen LogP contribution is 2.32. The number of carbonyl (C=O) groups excluding carboxylic acids is 2. The van der Waals surface area contributed by atoms with Gasteiger partial charge in [-0.15, -0.1) is 0 Å². The van der Waals surface area contributed by atoms with Gasteiger partial charge in [-0.3, -0.25) is 14.5 Å². The average molecular weight is 404 g/mol. The SMILES string of the molecule is O=C1CC(C(=O)N2CCN(C3CC3)CC2Cc2ccccc2)CN1c1ccccc1. The third-order valence-corrected chi connectivity index (χ3v) is 6.72. The van der Waals surface area contributed by atoms with Crippen LogP contribution in [0.4, 0.5) is 5.69 Å². The van der Waals surface area contributed by atoms with Crippen molar-refractivity contribution >= 4 is 17.5 Å². The molecule has 2 aromatic rings. The molecule has 5 nitrogen and oxygen atoms in total. The number of rotatable bonds is 5. The van der Waals surface area contributed by atoms with Gasteiger partial charge in [-0.2, -0.15) is 0 Å². The molecule has 0 bridgehead atoms.